The number of hydrogen-bond donors (Lipinski definition) is 2. The van der Waals surface area contributed by atoms with Gasteiger partial charge in [-0.2, -0.15) is 0 Å². The topological polar surface area (TPSA) is 40.5 Å². The minimum Gasteiger partial charge on any atom is -0.390 e. The van der Waals surface area contributed by atoms with Gasteiger partial charge in [-0.05, 0) is 56.3 Å². The highest BCUT2D eigenvalue weighted by atomic mass is 16.3. The monoisotopic (exact) mass is 238 g/mol. The Balaban J connectivity index is 1.57. The second-order valence-corrected chi connectivity index (χ2v) is 6.85. The van der Waals surface area contributed by atoms with Crippen LogP contribution in [0.1, 0.15) is 64.2 Å². The molecule has 2 nitrogen and oxygen atoms in total. The SMILES string of the molecule is OC(CC1CC2CCC1C2)C1(O)CCCCC1. The molecule has 0 aromatic rings. The number of aliphatic hydroxyl groups is 2. The lowest BCUT2D eigenvalue weighted by Gasteiger charge is -2.38. The van der Waals surface area contributed by atoms with Crippen LogP contribution in [-0.4, -0.2) is 21.9 Å². The van der Waals surface area contributed by atoms with Crippen molar-refractivity contribution in [3.63, 3.8) is 0 Å². The number of hydrogen-bond acceptors (Lipinski definition) is 2. The summed E-state index contributed by atoms with van der Waals surface area (Å²) in [4.78, 5) is 0. The molecule has 3 fully saturated rings. The van der Waals surface area contributed by atoms with Crippen molar-refractivity contribution in [1.82, 2.24) is 0 Å². The normalized spacial score (nSPS) is 41.6. The molecule has 0 aromatic heterocycles. The van der Waals surface area contributed by atoms with Gasteiger partial charge in [-0.15, -0.1) is 0 Å². The molecular weight excluding hydrogens is 212 g/mol. The highest BCUT2D eigenvalue weighted by molar-refractivity contribution is 4.95. The van der Waals surface area contributed by atoms with Gasteiger partial charge in [0.05, 0.1) is 11.7 Å². The van der Waals surface area contributed by atoms with Crippen LogP contribution in [0.2, 0.25) is 0 Å². The van der Waals surface area contributed by atoms with Crippen LogP contribution in [0.3, 0.4) is 0 Å². The molecule has 4 unspecified atom stereocenters. The fourth-order valence-corrected chi connectivity index (χ4v) is 4.67. The van der Waals surface area contributed by atoms with Crippen molar-refractivity contribution in [3.05, 3.63) is 0 Å². The predicted molar refractivity (Wildman–Crippen MR) is 67.6 cm³/mol. The van der Waals surface area contributed by atoms with E-state index in [1.54, 1.807) is 0 Å². The van der Waals surface area contributed by atoms with Crippen LogP contribution in [0.25, 0.3) is 0 Å². The second-order valence-electron chi connectivity index (χ2n) is 6.85. The Kier molecular flexibility index (Phi) is 3.20. The molecule has 2 heteroatoms. The van der Waals surface area contributed by atoms with E-state index in [0.717, 1.165) is 43.9 Å². The summed E-state index contributed by atoms with van der Waals surface area (Å²) in [5.74, 6) is 2.51. The molecule has 3 rings (SSSR count). The molecule has 2 N–H and O–H groups in total. The van der Waals surface area contributed by atoms with Crippen molar-refractivity contribution in [1.29, 1.82) is 0 Å². The summed E-state index contributed by atoms with van der Waals surface area (Å²) in [6, 6.07) is 0. The molecule has 0 saturated heterocycles. The van der Waals surface area contributed by atoms with E-state index < -0.39 is 11.7 Å². The van der Waals surface area contributed by atoms with Crippen molar-refractivity contribution >= 4 is 0 Å². The average molecular weight is 238 g/mol. The van der Waals surface area contributed by atoms with Gasteiger partial charge in [0.15, 0.2) is 0 Å². The molecule has 2 bridgehead atoms. The van der Waals surface area contributed by atoms with Crippen LogP contribution >= 0.6 is 0 Å². The summed E-state index contributed by atoms with van der Waals surface area (Å²) in [5, 5.41) is 20.9. The first-order valence-corrected chi connectivity index (χ1v) is 7.58. The summed E-state index contributed by atoms with van der Waals surface area (Å²) in [5.41, 5.74) is -0.750. The third kappa shape index (κ3) is 2.26. The van der Waals surface area contributed by atoms with Gasteiger partial charge < -0.3 is 10.2 Å². The predicted octanol–water partition coefficient (Wildman–Crippen LogP) is 2.87. The van der Waals surface area contributed by atoms with E-state index in [1.807, 2.05) is 0 Å². The van der Waals surface area contributed by atoms with Crippen LogP contribution < -0.4 is 0 Å². The third-order valence-electron chi connectivity index (χ3n) is 5.75. The summed E-state index contributed by atoms with van der Waals surface area (Å²) in [6.07, 6.45) is 10.9. The largest absolute Gasteiger partial charge is 0.390 e. The number of rotatable bonds is 3. The number of aliphatic hydroxyl groups excluding tert-OH is 1. The summed E-state index contributed by atoms with van der Waals surface area (Å²) >= 11 is 0. The van der Waals surface area contributed by atoms with Gasteiger partial charge in [-0.1, -0.05) is 25.7 Å². The molecule has 0 radical (unpaired) electrons. The molecule has 0 aliphatic heterocycles. The zero-order chi connectivity index (χ0) is 11.9. The van der Waals surface area contributed by atoms with Gasteiger partial charge in [-0.25, -0.2) is 0 Å². The fourth-order valence-electron chi connectivity index (χ4n) is 4.67. The van der Waals surface area contributed by atoms with Gasteiger partial charge in [-0.3, -0.25) is 0 Å². The maximum Gasteiger partial charge on any atom is 0.0905 e. The minimum absolute atomic E-state index is 0.466. The lowest BCUT2D eigenvalue weighted by molar-refractivity contribution is -0.107. The summed E-state index contributed by atoms with van der Waals surface area (Å²) < 4.78 is 0. The molecule has 0 spiro atoms. The molecule has 0 heterocycles. The third-order valence-corrected chi connectivity index (χ3v) is 5.75. The van der Waals surface area contributed by atoms with Crippen molar-refractivity contribution in [2.24, 2.45) is 17.8 Å². The Morgan fingerprint density at radius 1 is 1.06 bits per heavy atom. The molecular formula is C15H26O2. The molecule has 17 heavy (non-hydrogen) atoms. The van der Waals surface area contributed by atoms with Crippen LogP contribution in [0.15, 0.2) is 0 Å². The lowest BCUT2D eigenvalue weighted by atomic mass is 9.75. The Morgan fingerprint density at radius 2 is 1.82 bits per heavy atom. The maximum absolute atomic E-state index is 10.5. The Morgan fingerprint density at radius 3 is 2.41 bits per heavy atom. The van der Waals surface area contributed by atoms with Gasteiger partial charge in [0.25, 0.3) is 0 Å². The molecule has 3 aliphatic carbocycles. The van der Waals surface area contributed by atoms with E-state index in [9.17, 15) is 10.2 Å². The van der Waals surface area contributed by atoms with Gasteiger partial charge in [0.1, 0.15) is 0 Å². The van der Waals surface area contributed by atoms with Gasteiger partial charge >= 0.3 is 0 Å². The summed E-state index contributed by atoms with van der Waals surface area (Å²) in [6.45, 7) is 0. The first kappa shape index (κ1) is 12.0. The van der Waals surface area contributed by atoms with Crippen LogP contribution in [0.5, 0.6) is 0 Å². The van der Waals surface area contributed by atoms with Crippen molar-refractivity contribution < 1.29 is 10.2 Å². The van der Waals surface area contributed by atoms with E-state index >= 15 is 0 Å². The highest BCUT2D eigenvalue weighted by Gasteiger charge is 2.44. The Hall–Kier alpha value is -0.0800. The second kappa shape index (κ2) is 4.55. The first-order chi connectivity index (χ1) is 8.17. The van der Waals surface area contributed by atoms with Crippen LogP contribution in [0.4, 0.5) is 0 Å². The molecule has 98 valence electrons. The van der Waals surface area contributed by atoms with Crippen molar-refractivity contribution in [2.75, 3.05) is 0 Å². The fraction of sp³-hybridized carbons (Fsp3) is 1.00. The first-order valence-electron chi connectivity index (χ1n) is 7.58. The zero-order valence-corrected chi connectivity index (χ0v) is 10.8. The highest BCUT2D eigenvalue weighted by Crippen LogP contribution is 2.50. The van der Waals surface area contributed by atoms with E-state index in [0.29, 0.717) is 5.92 Å². The molecule has 0 aromatic carbocycles. The van der Waals surface area contributed by atoms with E-state index in [2.05, 4.69) is 0 Å². The van der Waals surface area contributed by atoms with Crippen molar-refractivity contribution in [2.45, 2.75) is 75.9 Å². The average Bonchev–Trinajstić information content (AvgIpc) is 2.92. The lowest BCUT2D eigenvalue weighted by Crippen LogP contribution is -2.45. The van der Waals surface area contributed by atoms with E-state index in [-0.39, 0.29) is 0 Å². The zero-order valence-electron chi connectivity index (χ0n) is 10.8. The van der Waals surface area contributed by atoms with Crippen LogP contribution in [-0.2, 0) is 0 Å². The minimum atomic E-state index is -0.750. The van der Waals surface area contributed by atoms with Crippen LogP contribution in [0, 0.1) is 17.8 Å². The molecule has 4 atom stereocenters. The smallest absolute Gasteiger partial charge is 0.0905 e. The molecule has 3 saturated carbocycles. The van der Waals surface area contributed by atoms with Crippen molar-refractivity contribution in [3.8, 4) is 0 Å². The quantitative estimate of drug-likeness (QED) is 0.793. The maximum atomic E-state index is 10.5. The van der Waals surface area contributed by atoms with E-state index in [4.69, 9.17) is 0 Å². The van der Waals surface area contributed by atoms with Gasteiger partial charge in [0, 0.05) is 0 Å². The van der Waals surface area contributed by atoms with E-state index in [1.165, 1.54) is 32.1 Å². The standard InChI is InChI=1S/C15H26O2/c16-14(15(17)6-2-1-3-7-15)10-13-9-11-4-5-12(13)8-11/h11-14,16-17H,1-10H2. The molecule has 3 aliphatic rings. The summed E-state index contributed by atoms with van der Waals surface area (Å²) in [7, 11) is 0. The Labute approximate surface area is 104 Å². The van der Waals surface area contributed by atoms with Gasteiger partial charge in [0.2, 0.25) is 0 Å². The number of fused-ring (bicyclic) bond motifs is 2. The molecule has 0 amide bonds. The Bertz CT molecular complexity index is 270.